The topological polar surface area (TPSA) is 117 Å². The molecule has 3 aliphatic heterocycles. The summed E-state index contributed by atoms with van der Waals surface area (Å²) in [4.78, 5) is 17.0. The highest BCUT2D eigenvalue weighted by Gasteiger charge is 2.49. The lowest BCUT2D eigenvalue weighted by atomic mass is 9.95. The predicted molar refractivity (Wildman–Crippen MR) is 180 cm³/mol. The number of hydrogen-bond acceptors (Lipinski definition) is 10. The second-order valence-corrected chi connectivity index (χ2v) is 13.9. The molecule has 2 aromatic carbocycles. The minimum atomic E-state index is -0.966. The van der Waals surface area contributed by atoms with Crippen molar-refractivity contribution >= 4 is 54.7 Å². The van der Waals surface area contributed by atoms with Crippen LogP contribution >= 0.6 is 22.9 Å². The molecule has 15 heteroatoms. The van der Waals surface area contributed by atoms with Gasteiger partial charge in [-0.15, -0.1) is 11.3 Å². The van der Waals surface area contributed by atoms with Gasteiger partial charge in [0.2, 0.25) is 6.54 Å². The highest BCUT2D eigenvalue weighted by Crippen LogP contribution is 2.51. The number of thiophene rings is 1. The number of anilines is 2. The highest BCUT2D eigenvalue weighted by atomic mass is 35.5. The van der Waals surface area contributed by atoms with Crippen LogP contribution in [0.1, 0.15) is 31.2 Å². The summed E-state index contributed by atoms with van der Waals surface area (Å²) in [5.74, 6) is -1.05. The Morgan fingerprint density at radius 2 is 2.17 bits per heavy atom. The molecule has 0 amide bonds. The van der Waals surface area contributed by atoms with Crippen LogP contribution in [0.3, 0.4) is 0 Å². The zero-order chi connectivity index (χ0) is 33.7. The molecular formula is C33H32ClF3N8O2S. The Labute approximate surface area is 284 Å². The molecule has 2 saturated heterocycles. The first-order valence-corrected chi connectivity index (χ1v) is 16.9. The van der Waals surface area contributed by atoms with Crippen molar-refractivity contribution in [3.8, 4) is 29.0 Å². The molecule has 3 aliphatic rings. The molecule has 2 fully saturated rings. The Kier molecular flexibility index (Phi) is 8.62. The zero-order valence-electron chi connectivity index (χ0n) is 26.1. The molecule has 250 valence electrons. The number of fused-ring (bicyclic) bond motifs is 2. The molecule has 1 unspecified atom stereocenters. The van der Waals surface area contributed by atoms with Gasteiger partial charge in [-0.25, -0.2) is 19.7 Å². The third-order valence-corrected chi connectivity index (χ3v) is 11.0. The van der Waals surface area contributed by atoms with E-state index >= 15 is 4.39 Å². The number of nitrogens with two attached hydrogens (primary N) is 1. The molecule has 0 spiro atoms. The van der Waals surface area contributed by atoms with Crippen molar-refractivity contribution in [3.05, 3.63) is 45.8 Å². The Morgan fingerprint density at radius 1 is 1.33 bits per heavy atom. The molecule has 0 aliphatic carbocycles. The Balaban J connectivity index is 1.46. The van der Waals surface area contributed by atoms with Gasteiger partial charge < -0.3 is 30.3 Å². The van der Waals surface area contributed by atoms with Gasteiger partial charge in [0.1, 0.15) is 53.6 Å². The molecule has 3 atom stereocenters. The van der Waals surface area contributed by atoms with E-state index in [0.717, 1.165) is 30.7 Å². The maximum absolute atomic E-state index is 17.2. The fourth-order valence-electron chi connectivity index (χ4n) is 7.45. The second-order valence-electron chi connectivity index (χ2n) is 12.5. The summed E-state index contributed by atoms with van der Waals surface area (Å²) in [6, 6.07) is 3.98. The number of alkyl halides is 1. The number of hydrogen-bond donors (Lipinski definition) is 2. The van der Waals surface area contributed by atoms with E-state index in [1.54, 1.807) is 0 Å². The van der Waals surface area contributed by atoms with E-state index in [1.807, 2.05) is 18.0 Å². The largest absolute Gasteiger partial charge is 0.489 e. The smallest absolute Gasteiger partial charge is 0.319 e. The number of benzene rings is 2. The van der Waals surface area contributed by atoms with Gasteiger partial charge >= 0.3 is 6.01 Å². The van der Waals surface area contributed by atoms with Crippen LogP contribution in [-0.4, -0.2) is 85.6 Å². The van der Waals surface area contributed by atoms with Crippen LogP contribution in [0.25, 0.3) is 37.0 Å². The molecule has 0 radical (unpaired) electrons. The van der Waals surface area contributed by atoms with E-state index in [9.17, 15) is 14.0 Å². The monoisotopic (exact) mass is 696 g/mol. The molecule has 4 aromatic rings. The maximum Gasteiger partial charge on any atom is 0.319 e. The summed E-state index contributed by atoms with van der Waals surface area (Å²) < 4.78 is 59.3. The van der Waals surface area contributed by atoms with Crippen molar-refractivity contribution < 1.29 is 22.6 Å². The van der Waals surface area contributed by atoms with Gasteiger partial charge in [0.15, 0.2) is 11.6 Å². The number of rotatable bonds is 9. The SMILES string of the molecule is [C-]#[N+]CC1COc2c(Cl)c(-c3ccc(F)c4sc(N)c(C#N)c34)c(F)c3nc(OC[C@@]45CCCN4C[C@H](F)C5)nc(c23)N1CCCNC. The van der Waals surface area contributed by atoms with Crippen molar-refractivity contribution in [1.29, 1.82) is 5.26 Å². The van der Waals surface area contributed by atoms with Crippen LogP contribution in [0.5, 0.6) is 11.8 Å². The first kappa shape index (κ1) is 32.5. The molecule has 10 nitrogen and oxygen atoms in total. The first-order chi connectivity index (χ1) is 23.2. The number of ether oxygens (including phenoxy) is 2. The molecule has 0 saturated carbocycles. The molecule has 0 bridgehead atoms. The molecule has 7 rings (SSSR count). The first-order valence-electron chi connectivity index (χ1n) is 15.7. The normalized spacial score (nSPS) is 22.0. The lowest BCUT2D eigenvalue weighted by molar-refractivity contribution is 0.107. The number of aromatic nitrogens is 2. The lowest BCUT2D eigenvalue weighted by Gasteiger charge is -2.31. The van der Waals surface area contributed by atoms with Crippen LogP contribution in [0, 0.1) is 29.5 Å². The fraction of sp³-hybridized carbons (Fsp3) is 0.455. The van der Waals surface area contributed by atoms with Crippen LogP contribution in [0.4, 0.5) is 24.0 Å². The summed E-state index contributed by atoms with van der Waals surface area (Å²) in [5.41, 5.74) is 5.45. The summed E-state index contributed by atoms with van der Waals surface area (Å²) in [7, 11) is 1.84. The van der Waals surface area contributed by atoms with E-state index in [4.69, 9.17) is 38.4 Å². The van der Waals surface area contributed by atoms with Crippen molar-refractivity contribution in [2.45, 2.75) is 43.4 Å². The minimum Gasteiger partial charge on any atom is -0.489 e. The third-order valence-electron chi connectivity index (χ3n) is 9.63. The van der Waals surface area contributed by atoms with Crippen molar-refractivity contribution in [2.24, 2.45) is 0 Å². The minimum absolute atomic E-state index is 0.00943. The second kappa shape index (κ2) is 12.7. The summed E-state index contributed by atoms with van der Waals surface area (Å²) >= 11 is 7.91. The van der Waals surface area contributed by atoms with Gasteiger partial charge in [-0.3, -0.25) is 4.90 Å². The van der Waals surface area contributed by atoms with Crippen molar-refractivity contribution in [1.82, 2.24) is 20.2 Å². The number of nitrogens with zero attached hydrogens (tertiary/aromatic N) is 6. The Bertz CT molecular complexity index is 2020. The Hall–Kier alpha value is -4.08. The van der Waals surface area contributed by atoms with Gasteiger partial charge in [-0.2, -0.15) is 15.2 Å². The predicted octanol–water partition coefficient (Wildman–Crippen LogP) is 5.95. The average Bonchev–Trinajstić information content (AvgIpc) is 3.68. The van der Waals surface area contributed by atoms with E-state index in [0.29, 0.717) is 38.3 Å². The average molecular weight is 697 g/mol. The summed E-state index contributed by atoms with van der Waals surface area (Å²) in [5, 5.41) is 13.4. The summed E-state index contributed by atoms with van der Waals surface area (Å²) in [6.07, 6.45) is 1.71. The van der Waals surface area contributed by atoms with Gasteiger partial charge in [-0.1, -0.05) is 17.7 Å². The molecule has 3 N–H and O–H groups in total. The highest BCUT2D eigenvalue weighted by molar-refractivity contribution is 7.23. The number of nitrogens with one attached hydrogen (secondary N) is 1. The third kappa shape index (κ3) is 5.22. The van der Waals surface area contributed by atoms with E-state index in [1.165, 1.54) is 12.1 Å². The molecule has 2 aromatic heterocycles. The van der Waals surface area contributed by atoms with Crippen LogP contribution in [0.2, 0.25) is 5.02 Å². The maximum atomic E-state index is 17.2. The molecule has 5 heterocycles. The summed E-state index contributed by atoms with van der Waals surface area (Å²) in [6.45, 7) is 10.1. The number of halogens is 4. The number of nitriles is 1. The standard InChI is InChI=1S/C33H32ClF3N8O2S/c1-40-8-4-10-45-18(13-41-2)15-46-28-24-27(42-32(43-31(24)45)47-16-33-7-3-9-44(33)14-17(35)11-33)26(37)23(25(28)34)19-5-6-21(36)29-22(19)20(12-38)30(39)48-29/h5-6,17-18,40H,3-4,7-11,13-16,39H2,1H3/t17-,18?,33+/m1/s1. The Morgan fingerprint density at radius 3 is 2.94 bits per heavy atom. The zero-order valence-corrected chi connectivity index (χ0v) is 27.7. The van der Waals surface area contributed by atoms with Crippen molar-refractivity contribution in [2.75, 3.05) is 63.6 Å². The van der Waals surface area contributed by atoms with Gasteiger partial charge in [0.25, 0.3) is 0 Å². The quantitative estimate of drug-likeness (QED) is 0.162. The van der Waals surface area contributed by atoms with Crippen molar-refractivity contribution in [3.63, 3.8) is 0 Å². The van der Waals surface area contributed by atoms with Gasteiger partial charge in [-0.05, 0) is 51.0 Å². The lowest BCUT2D eigenvalue weighted by Crippen LogP contribution is -2.44. The van der Waals surface area contributed by atoms with Gasteiger partial charge in [0.05, 0.1) is 26.2 Å². The van der Waals surface area contributed by atoms with E-state index < -0.39 is 29.4 Å². The van der Waals surface area contributed by atoms with Crippen LogP contribution in [0.15, 0.2) is 12.1 Å². The number of nitrogen functional groups attached to an aromatic ring is 1. The van der Waals surface area contributed by atoms with Crippen LogP contribution in [-0.2, 0) is 0 Å². The van der Waals surface area contributed by atoms with Gasteiger partial charge in [0, 0.05) is 30.5 Å². The molecule has 48 heavy (non-hydrogen) atoms. The van der Waals surface area contributed by atoms with E-state index in [2.05, 4.69) is 20.0 Å². The molecular weight excluding hydrogens is 665 g/mol. The fourth-order valence-corrected chi connectivity index (χ4v) is 8.73. The van der Waals surface area contributed by atoms with Crippen LogP contribution < -0.4 is 25.4 Å². The van der Waals surface area contributed by atoms with E-state index in [-0.39, 0.29) is 79.2 Å².